The number of nitro groups is 1. The molecule has 0 aromatic heterocycles. The predicted molar refractivity (Wildman–Crippen MR) is 72.8 cm³/mol. The monoisotopic (exact) mass is 296 g/mol. The molecule has 1 unspecified atom stereocenters. The number of nitrogens with zero attached hydrogens (tertiary/aromatic N) is 2. The molecule has 0 saturated carbocycles. The first-order valence-corrected chi connectivity index (χ1v) is 6.94. The Morgan fingerprint density at radius 1 is 1.50 bits per heavy atom. The molecule has 1 aromatic rings. The van der Waals surface area contributed by atoms with E-state index in [1.165, 1.54) is 41.8 Å². The van der Waals surface area contributed by atoms with Crippen LogP contribution >= 0.6 is 11.8 Å². The highest BCUT2D eigenvalue weighted by molar-refractivity contribution is 7.99. The molecule has 8 heteroatoms. The number of carboxylic acid groups (broad SMARTS) is 1. The molecule has 1 aromatic carbocycles. The summed E-state index contributed by atoms with van der Waals surface area (Å²) in [4.78, 5) is 35.0. The molecule has 0 radical (unpaired) electrons. The van der Waals surface area contributed by atoms with Gasteiger partial charge in [0.2, 0.25) is 0 Å². The second-order valence-corrected chi connectivity index (χ2v) is 5.34. The van der Waals surface area contributed by atoms with Gasteiger partial charge in [-0.05, 0) is 13.0 Å². The first kappa shape index (κ1) is 14.3. The molecule has 1 saturated heterocycles. The van der Waals surface area contributed by atoms with Crippen molar-refractivity contribution in [2.24, 2.45) is 0 Å². The molecule has 0 bridgehead atoms. The lowest BCUT2D eigenvalue weighted by molar-refractivity contribution is -0.385. The smallest absolute Gasteiger partial charge is 0.327 e. The van der Waals surface area contributed by atoms with E-state index in [4.69, 9.17) is 5.11 Å². The van der Waals surface area contributed by atoms with Crippen LogP contribution in [0.4, 0.5) is 5.69 Å². The fourth-order valence-corrected chi connectivity index (χ4v) is 3.20. The number of nitro benzene ring substituents is 1. The number of carbonyl (C=O) groups excluding carboxylic acids is 1. The average Bonchev–Trinajstić information content (AvgIpc) is 2.87. The zero-order valence-electron chi connectivity index (χ0n) is 10.6. The summed E-state index contributed by atoms with van der Waals surface area (Å²) in [5.41, 5.74) is 0.283. The maximum absolute atomic E-state index is 12.4. The maximum atomic E-state index is 12.4. The SMILES string of the molecule is Cc1c(C(=O)N2CSCC2C(=O)O)cccc1[N+](=O)[O-]. The summed E-state index contributed by atoms with van der Waals surface area (Å²) >= 11 is 1.35. The number of hydrogen-bond acceptors (Lipinski definition) is 5. The van der Waals surface area contributed by atoms with Crippen molar-refractivity contribution < 1.29 is 19.6 Å². The molecule has 1 fully saturated rings. The first-order valence-electron chi connectivity index (χ1n) is 5.79. The third kappa shape index (κ3) is 2.46. The number of benzene rings is 1. The van der Waals surface area contributed by atoms with E-state index in [9.17, 15) is 19.7 Å². The van der Waals surface area contributed by atoms with Gasteiger partial charge in [-0.2, -0.15) is 0 Å². The Kier molecular flexibility index (Phi) is 3.93. The summed E-state index contributed by atoms with van der Waals surface area (Å²) in [5.74, 6) is -0.942. The van der Waals surface area contributed by atoms with Gasteiger partial charge in [0.05, 0.1) is 10.8 Å². The average molecular weight is 296 g/mol. The van der Waals surface area contributed by atoms with Gasteiger partial charge in [0, 0.05) is 22.9 Å². The standard InChI is InChI=1S/C12H12N2O5S/c1-7-8(3-2-4-9(7)14(18)19)11(15)13-6-20-5-10(13)12(16)17/h2-4,10H,5-6H2,1H3,(H,16,17). The second kappa shape index (κ2) is 5.49. The van der Waals surface area contributed by atoms with Crippen LogP contribution in [0, 0.1) is 17.0 Å². The van der Waals surface area contributed by atoms with Crippen LogP contribution < -0.4 is 0 Å². The van der Waals surface area contributed by atoms with Gasteiger partial charge >= 0.3 is 5.97 Å². The van der Waals surface area contributed by atoms with Crippen LogP contribution in [0.2, 0.25) is 0 Å². The normalized spacial score (nSPS) is 18.1. The quantitative estimate of drug-likeness (QED) is 0.670. The van der Waals surface area contributed by atoms with Gasteiger partial charge in [0.25, 0.3) is 11.6 Å². The Hall–Kier alpha value is -2.09. The van der Waals surface area contributed by atoms with E-state index in [0.717, 1.165) is 0 Å². The third-order valence-electron chi connectivity index (χ3n) is 3.16. The Bertz CT molecular complexity index is 589. The van der Waals surface area contributed by atoms with Crippen LogP contribution in [-0.2, 0) is 4.79 Å². The van der Waals surface area contributed by atoms with Crippen molar-refractivity contribution in [2.45, 2.75) is 13.0 Å². The van der Waals surface area contributed by atoms with Gasteiger partial charge in [0.15, 0.2) is 0 Å². The Morgan fingerprint density at radius 2 is 2.20 bits per heavy atom. The highest BCUT2D eigenvalue weighted by Crippen LogP contribution is 2.27. The summed E-state index contributed by atoms with van der Waals surface area (Å²) in [6.45, 7) is 1.49. The number of carboxylic acids is 1. The highest BCUT2D eigenvalue weighted by Gasteiger charge is 2.36. The molecule has 1 aliphatic rings. The van der Waals surface area contributed by atoms with Crippen molar-refractivity contribution in [3.63, 3.8) is 0 Å². The number of aliphatic carboxylic acids is 1. The van der Waals surface area contributed by atoms with E-state index in [1.807, 2.05) is 0 Å². The highest BCUT2D eigenvalue weighted by atomic mass is 32.2. The number of rotatable bonds is 3. The number of thioether (sulfide) groups is 1. The van der Waals surface area contributed by atoms with Crippen LogP contribution in [0.3, 0.4) is 0 Å². The lowest BCUT2D eigenvalue weighted by Crippen LogP contribution is -2.42. The molecule has 0 aliphatic carbocycles. The van der Waals surface area contributed by atoms with Crippen LogP contribution in [0.15, 0.2) is 18.2 Å². The maximum Gasteiger partial charge on any atom is 0.327 e. The molecular formula is C12H12N2O5S. The molecule has 1 atom stereocenters. The van der Waals surface area contributed by atoms with Crippen molar-refractivity contribution in [2.75, 3.05) is 11.6 Å². The topological polar surface area (TPSA) is 101 Å². The van der Waals surface area contributed by atoms with Crippen LogP contribution in [-0.4, -0.2) is 44.5 Å². The summed E-state index contributed by atoms with van der Waals surface area (Å²) < 4.78 is 0. The van der Waals surface area contributed by atoms with Gasteiger partial charge in [0.1, 0.15) is 6.04 Å². The van der Waals surface area contributed by atoms with Gasteiger partial charge in [-0.25, -0.2) is 4.79 Å². The number of carbonyl (C=O) groups is 2. The fourth-order valence-electron chi connectivity index (χ4n) is 2.06. The minimum Gasteiger partial charge on any atom is -0.480 e. The van der Waals surface area contributed by atoms with Crippen molar-refractivity contribution in [3.8, 4) is 0 Å². The first-order chi connectivity index (χ1) is 9.43. The minimum atomic E-state index is -1.06. The molecule has 1 heterocycles. The predicted octanol–water partition coefficient (Wildman–Crippen LogP) is 1.50. The molecule has 0 spiro atoms. The largest absolute Gasteiger partial charge is 0.480 e. The fraction of sp³-hybridized carbons (Fsp3) is 0.333. The van der Waals surface area contributed by atoms with Gasteiger partial charge in [-0.15, -0.1) is 11.8 Å². The Labute approximate surface area is 118 Å². The molecular weight excluding hydrogens is 284 g/mol. The Morgan fingerprint density at radius 3 is 2.80 bits per heavy atom. The summed E-state index contributed by atoms with van der Waals surface area (Å²) in [5, 5.41) is 19.9. The van der Waals surface area contributed by atoms with Crippen molar-refractivity contribution in [1.82, 2.24) is 4.90 Å². The number of hydrogen-bond donors (Lipinski definition) is 1. The zero-order chi connectivity index (χ0) is 14.9. The van der Waals surface area contributed by atoms with E-state index < -0.39 is 22.8 Å². The molecule has 7 nitrogen and oxygen atoms in total. The van der Waals surface area contributed by atoms with E-state index in [-0.39, 0.29) is 22.7 Å². The van der Waals surface area contributed by atoms with Gasteiger partial charge in [-0.3, -0.25) is 14.9 Å². The lowest BCUT2D eigenvalue weighted by atomic mass is 10.1. The molecule has 1 amide bonds. The van der Waals surface area contributed by atoms with Crippen molar-refractivity contribution in [1.29, 1.82) is 0 Å². The van der Waals surface area contributed by atoms with Crippen LogP contribution in [0.5, 0.6) is 0 Å². The molecule has 20 heavy (non-hydrogen) atoms. The lowest BCUT2D eigenvalue weighted by Gasteiger charge is -2.21. The zero-order valence-corrected chi connectivity index (χ0v) is 11.4. The van der Waals surface area contributed by atoms with E-state index in [1.54, 1.807) is 0 Å². The van der Waals surface area contributed by atoms with Crippen molar-refractivity contribution in [3.05, 3.63) is 39.4 Å². The van der Waals surface area contributed by atoms with E-state index in [2.05, 4.69) is 0 Å². The minimum absolute atomic E-state index is 0.144. The number of amides is 1. The molecule has 1 aliphatic heterocycles. The molecule has 106 valence electrons. The molecule has 1 N–H and O–H groups in total. The summed E-state index contributed by atoms with van der Waals surface area (Å²) in [6, 6.07) is 3.34. The third-order valence-corrected chi connectivity index (χ3v) is 4.17. The second-order valence-electron chi connectivity index (χ2n) is 4.34. The van der Waals surface area contributed by atoms with E-state index in [0.29, 0.717) is 5.75 Å². The molecule has 2 rings (SSSR count). The summed E-state index contributed by atoms with van der Waals surface area (Å²) in [7, 11) is 0. The van der Waals surface area contributed by atoms with Crippen LogP contribution in [0.1, 0.15) is 15.9 Å². The van der Waals surface area contributed by atoms with Crippen LogP contribution in [0.25, 0.3) is 0 Å². The van der Waals surface area contributed by atoms with E-state index >= 15 is 0 Å². The van der Waals surface area contributed by atoms with Gasteiger partial charge < -0.3 is 10.0 Å². The van der Waals surface area contributed by atoms with Gasteiger partial charge in [-0.1, -0.05) is 6.07 Å². The Balaban J connectivity index is 2.37. The summed E-state index contributed by atoms with van der Waals surface area (Å²) in [6.07, 6.45) is 0. The van der Waals surface area contributed by atoms with Crippen molar-refractivity contribution >= 4 is 29.3 Å².